The van der Waals surface area contributed by atoms with Crippen molar-refractivity contribution >= 4 is 18.0 Å². The van der Waals surface area contributed by atoms with Crippen molar-refractivity contribution in [2.45, 2.75) is 40.2 Å². The van der Waals surface area contributed by atoms with Crippen molar-refractivity contribution < 1.29 is 28.6 Å². The molecule has 0 aliphatic carbocycles. The Kier molecular flexibility index (Phi) is 8.74. The van der Waals surface area contributed by atoms with Crippen LogP contribution in [-0.2, 0) is 16.1 Å². The summed E-state index contributed by atoms with van der Waals surface area (Å²) in [4.78, 5) is 27.0. The van der Waals surface area contributed by atoms with Crippen molar-refractivity contribution in [3.8, 4) is 0 Å². The van der Waals surface area contributed by atoms with E-state index in [2.05, 4.69) is 15.8 Å². The summed E-state index contributed by atoms with van der Waals surface area (Å²) in [5.74, 6) is -4.25. The van der Waals surface area contributed by atoms with Gasteiger partial charge < -0.3 is 20.4 Å². The third kappa shape index (κ3) is 6.29. The lowest BCUT2D eigenvalue weighted by Crippen LogP contribution is -2.39. The second-order valence-corrected chi connectivity index (χ2v) is 7.68. The Morgan fingerprint density at radius 2 is 2.00 bits per heavy atom. The molecule has 1 aliphatic heterocycles. The third-order valence-corrected chi connectivity index (χ3v) is 4.91. The molecule has 1 heterocycles. The number of hydrogen-bond acceptors (Lipinski definition) is 6. The van der Waals surface area contributed by atoms with Crippen molar-refractivity contribution in [3.05, 3.63) is 58.1 Å². The molecule has 8 nitrogen and oxygen atoms in total. The first kappa shape index (κ1) is 24.8. The number of carbonyl (C=O) groups excluding carboxylic acids is 2. The fourth-order valence-electron chi connectivity index (χ4n) is 2.95. The first-order valence-corrected chi connectivity index (χ1v) is 10.3. The van der Waals surface area contributed by atoms with E-state index < -0.39 is 40.5 Å². The molecule has 0 atom stereocenters. The highest BCUT2D eigenvalue weighted by Gasteiger charge is 2.26. The lowest BCUT2D eigenvalue weighted by molar-refractivity contribution is -0.127. The Morgan fingerprint density at radius 3 is 2.62 bits per heavy atom. The molecule has 0 saturated carbocycles. The van der Waals surface area contributed by atoms with Gasteiger partial charge in [-0.05, 0) is 31.7 Å². The molecule has 0 radical (unpaired) electrons. The summed E-state index contributed by atoms with van der Waals surface area (Å²) in [6.07, 6.45) is 1.77. The van der Waals surface area contributed by atoms with Crippen LogP contribution in [0.2, 0.25) is 0 Å². The van der Waals surface area contributed by atoms with Crippen LogP contribution < -0.4 is 10.7 Å². The van der Waals surface area contributed by atoms with Crippen molar-refractivity contribution in [2.75, 3.05) is 13.2 Å². The van der Waals surface area contributed by atoms with Crippen LogP contribution in [0.4, 0.5) is 8.78 Å². The average Bonchev–Trinajstić information content (AvgIpc) is 2.74. The molecule has 0 fully saturated rings. The molecule has 1 aromatic carbocycles. The number of rotatable bonds is 7. The summed E-state index contributed by atoms with van der Waals surface area (Å²) < 4.78 is 26.9. The molecule has 10 heteroatoms. The molecule has 174 valence electrons. The molecule has 0 spiro atoms. The number of nitrogens with one attached hydrogen (secondary N) is 2. The summed E-state index contributed by atoms with van der Waals surface area (Å²) in [6, 6.07) is 2.92. The Bertz CT molecular complexity index is 957. The maximum Gasteiger partial charge on any atom is 0.257 e. The Hall–Kier alpha value is -3.43. The van der Waals surface area contributed by atoms with Crippen LogP contribution in [0.25, 0.3) is 0 Å². The maximum atomic E-state index is 13.8. The Labute approximate surface area is 185 Å². The molecule has 2 amide bonds. The van der Waals surface area contributed by atoms with Crippen LogP contribution in [0.3, 0.4) is 0 Å². The number of aliphatic hydroxyl groups excluding tert-OH is 2. The lowest BCUT2D eigenvalue weighted by Gasteiger charge is -2.24. The van der Waals surface area contributed by atoms with Gasteiger partial charge in [0.15, 0.2) is 11.5 Å². The van der Waals surface area contributed by atoms with Gasteiger partial charge in [0, 0.05) is 24.7 Å². The second-order valence-electron chi connectivity index (χ2n) is 7.68. The average molecular weight is 450 g/mol. The van der Waals surface area contributed by atoms with Gasteiger partial charge in [-0.2, -0.15) is 5.10 Å². The number of nitrogens with zero attached hydrogens (tertiary/aromatic N) is 2. The van der Waals surface area contributed by atoms with E-state index in [1.807, 2.05) is 13.8 Å². The number of benzene rings is 1. The Morgan fingerprint density at radius 1 is 1.28 bits per heavy atom. The van der Waals surface area contributed by atoms with Gasteiger partial charge in [0.05, 0.1) is 11.8 Å². The van der Waals surface area contributed by atoms with E-state index in [4.69, 9.17) is 0 Å². The van der Waals surface area contributed by atoms with Gasteiger partial charge >= 0.3 is 0 Å². The van der Waals surface area contributed by atoms with Crippen LogP contribution in [0, 0.1) is 17.6 Å². The number of likely N-dealkylation sites (N-methyl/N-ethyl adjacent to an activating group) is 1. The zero-order chi connectivity index (χ0) is 23.8. The smallest absolute Gasteiger partial charge is 0.257 e. The minimum atomic E-state index is -0.869. The molecule has 2 rings (SSSR count). The van der Waals surface area contributed by atoms with Gasteiger partial charge in [0.2, 0.25) is 0 Å². The van der Waals surface area contributed by atoms with Crippen molar-refractivity contribution in [1.82, 2.24) is 15.6 Å². The molecule has 1 aliphatic rings. The Balaban J connectivity index is 2.40. The zero-order valence-corrected chi connectivity index (χ0v) is 18.3. The van der Waals surface area contributed by atoms with E-state index in [1.54, 1.807) is 6.92 Å². The fourth-order valence-corrected chi connectivity index (χ4v) is 2.95. The number of amides is 2. The predicted octanol–water partition coefficient (Wildman–Crippen LogP) is 3.04. The highest BCUT2D eigenvalue weighted by atomic mass is 19.1. The van der Waals surface area contributed by atoms with Gasteiger partial charge in [0.25, 0.3) is 11.8 Å². The predicted molar refractivity (Wildman–Crippen MR) is 115 cm³/mol. The summed E-state index contributed by atoms with van der Waals surface area (Å²) in [7, 11) is 0. The van der Waals surface area contributed by atoms with Crippen LogP contribution in [-0.4, -0.2) is 46.4 Å². The van der Waals surface area contributed by atoms with Gasteiger partial charge in [-0.1, -0.05) is 19.9 Å². The van der Waals surface area contributed by atoms with E-state index in [9.17, 15) is 28.6 Å². The number of aliphatic hydroxyl groups is 2. The first-order chi connectivity index (χ1) is 15.1. The van der Waals surface area contributed by atoms with Gasteiger partial charge in [-0.3, -0.25) is 15.0 Å². The van der Waals surface area contributed by atoms with Crippen molar-refractivity contribution in [3.63, 3.8) is 0 Å². The number of hydrazone groups is 1. The summed E-state index contributed by atoms with van der Waals surface area (Å²) in [5.41, 5.74) is 2.21. The van der Waals surface area contributed by atoms with E-state index in [0.717, 1.165) is 12.3 Å². The lowest BCUT2D eigenvalue weighted by atomic mass is 9.99. The summed E-state index contributed by atoms with van der Waals surface area (Å²) >= 11 is 0. The molecule has 0 bridgehead atoms. The largest absolute Gasteiger partial charge is 0.504 e. The maximum absolute atomic E-state index is 13.8. The highest BCUT2D eigenvalue weighted by Crippen LogP contribution is 2.22. The SMILES string of the molecule is CCN1CNN=CC(C(=O)NCc2ccc(F)cc2F)=C(O)/C(O)=C(\CCC(C)C)C1=O. The van der Waals surface area contributed by atoms with Crippen LogP contribution >= 0.6 is 0 Å². The molecular weight excluding hydrogens is 422 g/mol. The zero-order valence-electron chi connectivity index (χ0n) is 18.3. The van der Waals surface area contributed by atoms with Crippen molar-refractivity contribution in [2.24, 2.45) is 11.0 Å². The molecule has 1 aromatic rings. The normalized spacial score (nSPS) is 17.6. The fraction of sp³-hybridized carbons (Fsp3) is 0.409. The molecule has 32 heavy (non-hydrogen) atoms. The monoisotopic (exact) mass is 450 g/mol. The molecule has 0 saturated heterocycles. The van der Waals surface area contributed by atoms with Crippen LogP contribution in [0.5, 0.6) is 0 Å². The van der Waals surface area contributed by atoms with Gasteiger partial charge in [-0.25, -0.2) is 8.78 Å². The van der Waals surface area contributed by atoms with Gasteiger partial charge in [0.1, 0.15) is 23.9 Å². The minimum absolute atomic E-state index is 0.0231. The number of halogens is 2. The minimum Gasteiger partial charge on any atom is -0.504 e. The first-order valence-electron chi connectivity index (χ1n) is 10.3. The molecular formula is C22H28F2N4O4. The van der Waals surface area contributed by atoms with Gasteiger partial charge in [-0.15, -0.1) is 0 Å². The number of hydrogen-bond donors (Lipinski definition) is 4. The van der Waals surface area contributed by atoms with E-state index in [-0.39, 0.29) is 36.7 Å². The second kappa shape index (κ2) is 11.3. The van der Waals surface area contributed by atoms with E-state index in [0.29, 0.717) is 19.0 Å². The molecule has 0 unspecified atom stereocenters. The third-order valence-electron chi connectivity index (χ3n) is 4.91. The van der Waals surface area contributed by atoms with E-state index in [1.165, 1.54) is 11.0 Å². The standard InChI is InChI=1S/C22H28F2N4O4/c1-4-28-12-27-26-11-17(20(30)19(29)16(22(28)32)8-5-13(2)3)21(31)25-10-14-6-7-15(23)9-18(14)24/h6-7,9,11,13,27,29-30H,4-5,8,10,12H2,1-3H3,(H,25,31)/b19-16-,20-17?,26-11?. The summed E-state index contributed by atoms with van der Waals surface area (Å²) in [5, 5.41) is 27.5. The van der Waals surface area contributed by atoms with Crippen LogP contribution in [0.1, 0.15) is 39.2 Å². The van der Waals surface area contributed by atoms with Crippen molar-refractivity contribution in [1.29, 1.82) is 0 Å². The van der Waals surface area contributed by atoms with Crippen LogP contribution in [0.15, 0.2) is 46.0 Å². The summed E-state index contributed by atoms with van der Waals surface area (Å²) in [6.45, 7) is 5.74. The molecule has 4 N–H and O–H groups in total. The van der Waals surface area contributed by atoms with E-state index >= 15 is 0 Å². The quantitative estimate of drug-likeness (QED) is 0.510. The topological polar surface area (TPSA) is 114 Å². The number of carbonyl (C=O) groups is 2. The highest BCUT2D eigenvalue weighted by molar-refractivity contribution is 6.13. The molecule has 0 aromatic heterocycles.